The molecule has 246 valence electrons. The topological polar surface area (TPSA) is 88.1 Å². The molecule has 2 amide bonds. The summed E-state index contributed by atoms with van der Waals surface area (Å²) in [5.41, 5.74) is 2.45. The summed E-state index contributed by atoms with van der Waals surface area (Å²) in [4.78, 5) is 46.8. The maximum absolute atomic E-state index is 14.6. The Balaban J connectivity index is 1.69. The van der Waals surface area contributed by atoms with Gasteiger partial charge in [0.15, 0.2) is 0 Å². The fraction of sp³-hybridized carbons (Fsp3) is 0.622. The molecule has 1 N–H and O–H groups in total. The summed E-state index contributed by atoms with van der Waals surface area (Å²) >= 11 is 6.61. The van der Waals surface area contributed by atoms with Crippen molar-refractivity contribution in [2.45, 2.75) is 105 Å². The minimum Gasteiger partial charge on any atom is -0.469 e. The average molecular weight is 638 g/mol. The first kappa shape index (κ1) is 34.9. The molecule has 1 spiro atoms. The van der Waals surface area contributed by atoms with E-state index in [1.54, 1.807) is 6.92 Å². The van der Waals surface area contributed by atoms with Crippen LogP contribution in [0.2, 0.25) is 0 Å². The lowest BCUT2D eigenvalue weighted by Gasteiger charge is -2.47. The summed E-state index contributed by atoms with van der Waals surface area (Å²) in [5, 5.41) is 3.60. The van der Waals surface area contributed by atoms with Crippen LogP contribution in [0.25, 0.3) is 0 Å². The van der Waals surface area contributed by atoms with Crippen LogP contribution in [0, 0.1) is 29.1 Å². The molecule has 2 unspecified atom stereocenters. The Morgan fingerprint density at radius 1 is 1.13 bits per heavy atom. The smallest absolute Gasteiger partial charge is 0.310 e. The molecule has 0 radical (unpaired) electrons. The molecular weight excluding hydrogens is 586 g/mol. The Morgan fingerprint density at radius 2 is 1.78 bits per heavy atom. The second-order valence-corrected chi connectivity index (χ2v) is 15.2. The number of carbonyl (C=O) groups is 3. The van der Waals surface area contributed by atoms with Gasteiger partial charge in [0.25, 0.3) is 11.8 Å². The fourth-order valence-corrected chi connectivity index (χ4v) is 7.42. The van der Waals surface area contributed by atoms with Crippen LogP contribution in [-0.2, 0) is 14.3 Å². The number of halogens is 1. The van der Waals surface area contributed by atoms with Gasteiger partial charge >= 0.3 is 5.97 Å². The molecule has 0 aromatic heterocycles. The van der Waals surface area contributed by atoms with Crippen molar-refractivity contribution in [3.8, 4) is 0 Å². The van der Waals surface area contributed by atoms with Gasteiger partial charge in [0, 0.05) is 22.7 Å². The molecule has 7 nitrogen and oxygen atoms in total. The number of hydrogen-bond acceptors (Lipinski definition) is 5. The van der Waals surface area contributed by atoms with Gasteiger partial charge in [0.05, 0.1) is 19.1 Å². The zero-order valence-electron chi connectivity index (χ0n) is 28.4. The summed E-state index contributed by atoms with van der Waals surface area (Å²) in [6, 6.07) is 7.35. The first-order chi connectivity index (χ1) is 21.2. The highest BCUT2D eigenvalue weighted by molar-refractivity contribution is 6.48. The number of rotatable bonds is 10. The number of aliphatic imine (C=N–C) groups is 1. The van der Waals surface area contributed by atoms with Crippen molar-refractivity contribution in [1.82, 2.24) is 10.2 Å². The number of hydrogen-bond donors (Lipinski definition) is 1. The molecule has 1 aromatic rings. The number of methoxy groups -OCH3 is 1. The summed E-state index contributed by atoms with van der Waals surface area (Å²) in [5.74, 6) is 0.0887. The average Bonchev–Trinajstić information content (AvgIpc) is 3.28. The molecule has 3 aliphatic rings. The van der Waals surface area contributed by atoms with Crippen LogP contribution in [0.3, 0.4) is 0 Å². The van der Waals surface area contributed by atoms with Crippen molar-refractivity contribution in [2.24, 2.45) is 34.1 Å². The van der Waals surface area contributed by atoms with Gasteiger partial charge in [-0.05, 0) is 91.9 Å². The molecule has 1 fully saturated rings. The third-order valence-corrected chi connectivity index (χ3v) is 10.2. The van der Waals surface area contributed by atoms with Crippen molar-refractivity contribution >= 4 is 35.1 Å². The predicted octanol–water partition coefficient (Wildman–Crippen LogP) is 8.01. The Kier molecular flexibility index (Phi) is 11.0. The van der Waals surface area contributed by atoms with E-state index in [9.17, 15) is 14.4 Å². The molecule has 8 heteroatoms. The van der Waals surface area contributed by atoms with Gasteiger partial charge in [-0.3, -0.25) is 19.4 Å². The maximum atomic E-state index is 14.6. The molecule has 4 rings (SSSR count). The molecule has 1 heterocycles. The van der Waals surface area contributed by atoms with Gasteiger partial charge in [-0.25, -0.2) is 0 Å². The summed E-state index contributed by atoms with van der Waals surface area (Å²) in [6.45, 7) is 15.3. The predicted molar refractivity (Wildman–Crippen MR) is 181 cm³/mol. The number of esters is 1. The Labute approximate surface area is 274 Å². The van der Waals surface area contributed by atoms with Gasteiger partial charge in [0.2, 0.25) is 0 Å². The van der Waals surface area contributed by atoms with Crippen LogP contribution in [0.5, 0.6) is 0 Å². The lowest BCUT2D eigenvalue weighted by atomic mass is 9.69. The van der Waals surface area contributed by atoms with E-state index in [1.807, 2.05) is 30.3 Å². The van der Waals surface area contributed by atoms with Gasteiger partial charge in [-0.2, -0.15) is 0 Å². The monoisotopic (exact) mass is 637 g/mol. The van der Waals surface area contributed by atoms with E-state index in [2.05, 4.69) is 57.8 Å². The van der Waals surface area contributed by atoms with E-state index in [-0.39, 0.29) is 41.7 Å². The van der Waals surface area contributed by atoms with Gasteiger partial charge in [0.1, 0.15) is 11.4 Å². The SMILES string of the molecule is CCC1C=C(C2=NC3(CCC(C(C)(C)C)CC3)N(C(CC(C)C)c3ccc(C(=O)NC[C@H](C)C(=O)OC)cc3)C2=O)C=C(Cl)C1. The summed E-state index contributed by atoms with van der Waals surface area (Å²) in [6.07, 6.45) is 10.3. The summed E-state index contributed by atoms with van der Waals surface area (Å²) in [7, 11) is 1.34. The highest BCUT2D eigenvalue weighted by Gasteiger charge is 2.53. The zero-order chi connectivity index (χ0) is 33.1. The fourth-order valence-electron chi connectivity index (χ4n) is 7.11. The number of nitrogens with zero attached hydrogens (tertiary/aromatic N) is 2. The number of nitrogens with one attached hydrogen (secondary N) is 1. The molecule has 2 aliphatic carbocycles. The summed E-state index contributed by atoms with van der Waals surface area (Å²) < 4.78 is 4.77. The second kappa shape index (κ2) is 14.2. The van der Waals surface area contributed by atoms with E-state index in [0.717, 1.165) is 61.1 Å². The van der Waals surface area contributed by atoms with Crippen molar-refractivity contribution in [3.05, 3.63) is 58.1 Å². The van der Waals surface area contributed by atoms with Gasteiger partial charge in [-0.1, -0.05) is 78.3 Å². The van der Waals surface area contributed by atoms with Crippen LogP contribution >= 0.6 is 11.6 Å². The second-order valence-electron chi connectivity index (χ2n) is 14.7. The number of ether oxygens (including phenoxy) is 1. The molecule has 45 heavy (non-hydrogen) atoms. The molecule has 1 aliphatic heterocycles. The lowest BCUT2D eigenvalue weighted by Crippen LogP contribution is -2.51. The lowest BCUT2D eigenvalue weighted by molar-refractivity contribution is -0.144. The highest BCUT2D eigenvalue weighted by atomic mass is 35.5. The van der Waals surface area contributed by atoms with E-state index in [1.165, 1.54) is 7.11 Å². The normalized spacial score (nSPS) is 25.1. The first-order valence-corrected chi connectivity index (χ1v) is 17.0. The van der Waals surface area contributed by atoms with E-state index in [0.29, 0.717) is 23.1 Å². The molecule has 1 aromatic carbocycles. The van der Waals surface area contributed by atoms with E-state index < -0.39 is 11.6 Å². The van der Waals surface area contributed by atoms with Gasteiger partial charge < -0.3 is 15.0 Å². The van der Waals surface area contributed by atoms with E-state index in [4.69, 9.17) is 21.3 Å². The standard InChI is InChI=1S/C37H52ClN3O4/c1-9-25-19-28(21-30(38)20-25)32-34(43)41(37(40-32)16-14-29(15-17-37)36(5,6)7)31(18-23(2)3)26-10-12-27(13-11-26)33(42)39-22-24(4)35(44)45-8/h10-13,19,21,23-25,29,31H,9,14-18,20,22H2,1-8H3,(H,39,42)/t24-,25?,29?,31?,37?/m0/s1. The minimum atomic E-state index is -0.617. The van der Waals surface area contributed by atoms with Crippen LogP contribution in [0.1, 0.15) is 115 Å². The molecular formula is C37H52ClN3O4. The number of amides is 2. The van der Waals surface area contributed by atoms with Crippen LogP contribution in [-0.4, -0.2) is 47.7 Å². The largest absolute Gasteiger partial charge is 0.469 e. The van der Waals surface area contributed by atoms with Crippen molar-refractivity contribution in [1.29, 1.82) is 0 Å². The molecule has 1 saturated carbocycles. The third kappa shape index (κ3) is 7.90. The Bertz CT molecular complexity index is 1350. The highest BCUT2D eigenvalue weighted by Crippen LogP contribution is 2.50. The van der Waals surface area contributed by atoms with Crippen LogP contribution in [0.4, 0.5) is 0 Å². The number of allylic oxidation sites excluding steroid dienone is 3. The Morgan fingerprint density at radius 3 is 2.33 bits per heavy atom. The van der Waals surface area contributed by atoms with Gasteiger partial charge in [-0.15, -0.1) is 0 Å². The molecule has 0 bridgehead atoms. The van der Waals surface area contributed by atoms with Crippen molar-refractivity contribution < 1.29 is 19.1 Å². The quantitative estimate of drug-likeness (QED) is 0.263. The van der Waals surface area contributed by atoms with Crippen molar-refractivity contribution in [2.75, 3.05) is 13.7 Å². The van der Waals surface area contributed by atoms with Crippen LogP contribution < -0.4 is 5.32 Å². The first-order valence-electron chi connectivity index (χ1n) is 16.7. The van der Waals surface area contributed by atoms with Crippen LogP contribution in [0.15, 0.2) is 52.0 Å². The third-order valence-electron chi connectivity index (χ3n) is 9.92. The van der Waals surface area contributed by atoms with Crippen molar-refractivity contribution in [3.63, 3.8) is 0 Å². The zero-order valence-corrected chi connectivity index (χ0v) is 29.2. The van der Waals surface area contributed by atoms with E-state index >= 15 is 0 Å². The number of carbonyl (C=O) groups excluding carboxylic acids is 3. The Hall–Kier alpha value is -2.93. The maximum Gasteiger partial charge on any atom is 0.310 e. The number of benzene rings is 1. The molecule has 0 saturated heterocycles. The minimum absolute atomic E-state index is 0.0304. The molecule has 3 atom stereocenters.